The average molecular weight is 1070 g/mol. The van der Waals surface area contributed by atoms with Crippen molar-refractivity contribution in [1.29, 1.82) is 0 Å². The molecule has 4 heterocycles. The number of unbranched alkanes of at least 4 members (excludes halogenated alkanes) is 1. The number of pyridine rings is 4. The van der Waals surface area contributed by atoms with Crippen LogP contribution >= 0.6 is 50.2 Å². The first-order valence-corrected chi connectivity index (χ1v) is 22.6. The number of hydrogen-bond donors (Lipinski definition) is 5. The van der Waals surface area contributed by atoms with E-state index in [1.165, 1.54) is 34.2 Å². The van der Waals surface area contributed by atoms with E-state index in [9.17, 15) is 33.1 Å². The van der Waals surface area contributed by atoms with E-state index in [0.717, 1.165) is 40.8 Å². The maximum absolute atomic E-state index is 13.6. The first-order valence-electron chi connectivity index (χ1n) is 21.8. The smallest absolute Gasteiger partial charge is 0.412 e. The predicted octanol–water partition coefficient (Wildman–Crippen LogP) is 9.40. The number of ether oxygens (including phenoxy) is 1. The fourth-order valence-corrected chi connectivity index (χ4v) is 6.82. The summed E-state index contributed by atoms with van der Waals surface area (Å²) >= 11 is 11.8. The monoisotopic (exact) mass is 1070 g/mol. The van der Waals surface area contributed by atoms with E-state index in [2.05, 4.69) is 52.8 Å². The molecule has 72 heavy (non-hydrogen) atoms. The van der Waals surface area contributed by atoms with E-state index in [1.807, 2.05) is 0 Å². The average Bonchev–Trinajstić information content (AvgIpc) is 3.37. The summed E-state index contributed by atoms with van der Waals surface area (Å²) in [6, 6.07) is 14.3. The van der Waals surface area contributed by atoms with Gasteiger partial charge in [-0.1, -0.05) is 67.2 Å². The third-order valence-electron chi connectivity index (χ3n) is 10.5. The lowest BCUT2D eigenvalue weighted by molar-refractivity contribution is 0.0995. The largest absolute Gasteiger partial charge is 0.447 e. The quantitative estimate of drug-likeness (QED) is 0.0326. The molecule has 0 fully saturated rings. The molecule has 0 bridgehead atoms. The third-order valence-corrected chi connectivity index (χ3v) is 11.4. The number of halogens is 4. The molecule has 0 aliphatic carbocycles. The molecule has 4 aromatic heterocycles. The molecule has 386 valence electrons. The van der Waals surface area contributed by atoms with Crippen LogP contribution in [0.4, 0.5) is 29.0 Å². The van der Waals surface area contributed by atoms with E-state index in [1.54, 1.807) is 87.5 Å². The van der Waals surface area contributed by atoms with Gasteiger partial charge in [0.05, 0.1) is 28.7 Å². The zero-order valence-electron chi connectivity index (χ0n) is 39.6. The van der Waals surface area contributed by atoms with Crippen LogP contribution in [0, 0.1) is 11.6 Å². The number of carbonyl (C=O) groups excluding carboxylic acids is 4. The highest BCUT2D eigenvalue weighted by molar-refractivity contribution is 7.59. The first kappa shape index (κ1) is 61.5. The molecule has 6 amide bonds. The molecule has 0 unspecified atom stereocenters. The number of hydrogen-bond acceptors (Lipinski definition) is 11. The van der Waals surface area contributed by atoms with Crippen molar-refractivity contribution in [3.05, 3.63) is 147 Å². The summed E-state index contributed by atoms with van der Waals surface area (Å²) in [4.78, 5) is 69.5. The summed E-state index contributed by atoms with van der Waals surface area (Å²) in [5.74, 6) is -1.41. The number of nitrogens with two attached hydrogens (primary N) is 1. The van der Waals surface area contributed by atoms with Crippen molar-refractivity contribution in [2.75, 3.05) is 39.2 Å². The molecule has 0 saturated heterocycles. The Morgan fingerprint density at radius 3 is 1.85 bits per heavy atom. The van der Waals surface area contributed by atoms with Crippen LogP contribution in [0.2, 0.25) is 10.0 Å². The second kappa shape index (κ2) is 32.4. The zero-order chi connectivity index (χ0) is 51.0. The maximum Gasteiger partial charge on any atom is 0.412 e. The molecule has 2 atom stereocenters. The lowest BCUT2D eigenvalue weighted by atomic mass is 10.1. The van der Waals surface area contributed by atoms with Crippen molar-refractivity contribution >= 4 is 102 Å². The van der Waals surface area contributed by atoms with Crippen LogP contribution in [-0.4, -0.2) is 105 Å². The number of azide groups is 1. The number of nitrogens with one attached hydrogen (secondary N) is 3. The Morgan fingerprint density at radius 1 is 0.792 bits per heavy atom. The van der Waals surface area contributed by atoms with E-state index in [4.69, 9.17) is 39.2 Å². The number of benzene rings is 2. The number of likely N-dealkylation sites (N-methyl/N-ethyl adjacent to an activating group) is 2. The molecular formula is C47H57Cl2F2N13O6S2. The second-order valence-corrected chi connectivity index (χ2v) is 16.1. The fraction of sp³-hybridized carbons (Fsp3) is 0.319. The third kappa shape index (κ3) is 19.2. The first-order chi connectivity index (χ1) is 33.7. The van der Waals surface area contributed by atoms with E-state index < -0.39 is 35.7 Å². The number of urea groups is 2. The summed E-state index contributed by atoms with van der Waals surface area (Å²) in [7, 11) is 3.23. The lowest BCUT2D eigenvalue weighted by Gasteiger charge is -2.28. The van der Waals surface area contributed by atoms with Gasteiger partial charge in [-0.2, -0.15) is 27.0 Å². The molecule has 0 saturated carbocycles. The van der Waals surface area contributed by atoms with Crippen LogP contribution in [0.5, 0.6) is 0 Å². The molecule has 0 spiro atoms. The van der Waals surface area contributed by atoms with Crippen LogP contribution in [0.3, 0.4) is 0 Å². The SMILES string of the molecule is CCCC[C@@H](CO)N(C)C(=O)NCc1cccc(F)c1Cl.CN(C(=O)NCc1cccc(F)c1Cl)[C@@H](CCCN)COC(=O)Nc1cc2ccncc2cn1.S.S.[N-]=[N+]=NC(=O)c1cc2ccncc2cn1. The molecule has 0 aliphatic rings. The molecule has 19 nitrogen and oxygen atoms in total. The second-order valence-electron chi connectivity index (χ2n) is 15.3. The normalized spacial score (nSPS) is 11.0. The summed E-state index contributed by atoms with van der Waals surface area (Å²) in [5, 5.41) is 23.6. The van der Waals surface area contributed by atoms with Crippen LogP contribution in [0.25, 0.3) is 32.0 Å². The van der Waals surface area contributed by atoms with Crippen LogP contribution in [-0.2, 0) is 17.8 Å². The Morgan fingerprint density at radius 2 is 1.32 bits per heavy atom. The Balaban J connectivity index is 0.000000399. The molecule has 6 aromatic rings. The molecule has 0 radical (unpaired) electrons. The van der Waals surface area contributed by atoms with Crippen LogP contribution in [0.1, 0.15) is 60.6 Å². The highest BCUT2D eigenvalue weighted by atomic mass is 35.5. The van der Waals surface area contributed by atoms with E-state index in [-0.39, 0.29) is 81.1 Å². The highest BCUT2D eigenvalue weighted by Gasteiger charge is 2.23. The number of carbonyl (C=O) groups is 4. The minimum atomic E-state index is -0.695. The topological polar surface area (TPSA) is 267 Å². The molecular weight excluding hydrogens is 1020 g/mol. The van der Waals surface area contributed by atoms with E-state index in [0.29, 0.717) is 36.3 Å². The van der Waals surface area contributed by atoms with Crippen molar-refractivity contribution in [1.82, 2.24) is 40.4 Å². The van der Waals surface area contributed by atoms with Crippen molar-refractivity contribution in [3.8, 4) is 0 Å². The molecule has 0 aliphatic heterocycles. The summed E-state index contributed by atoms with van der Waals surface area (Å²) < 4.78 is 32.3. The van der Waals surface area contributed by atoms with Gasteiger partial charge in [-0.05, 0) is 94.8 Å². The Bertz CT molecular complexity index is 2770. The highest BCUT2D eigenvalue weighted by Crippen LogP contribution is 2.21. The Labute approximate surface area is 438 Å². The fourth-order valence-electron chi connectivity index (χ4n) is 6.43. The van der Waals surface area contributed by atoms with Gasteiger partial charge < -0.3 is 36.0 Å². The van der Waals surface area contributed by atoms with Gasteiger partial charge in [-0.3, -0.25) is 25.1 Å². The van der Waals surface area contributed by atoms with E-state index >= 15 is 0 Å². The molecule has 6 rings (SSSR count). The predicted molar refractivity (Wildman–Crippen MR) is 284 cm³/mol. The minimum absolute atomic E-state index is 0. The van der Waals surface area contributed by atoms with Crippen molar-refractivity contribution in [3.63, 3.8) is 0 Å². The summed E-state index contributed by atoms with van der Waals surface area (Å²) in [6.07, 6.45) is 12.9. The Hall–Kier alpha value is -6.59. The van der Waals surface area contributed by atoms with Crippen LogP contribution in [0.15, 0.2) is 103 Å². The summed E-state index contributed by atoms with van der Waals surface area (Å²) in [6.45, 7) is 2.55. The zero-order valence-corrected chi connectivity index (χ0v) is 43.1. The number of aliphatic hydroxyl groups is 1. The standard InChI is InChI=1S/C23H26ClFN6O3.C15H22ClFN2O2.C9H5N5O.2H2S/c1-31(22(32)29-12-16-4-2-6-19(25)21(16)24)18(5-3-8-26)14-34-23(33)30-20-10-15-7-9-27-11-17(15)13-28-20;1-3-4-7-12(10-20)19(2)15(21)18-9-11-6-5-8-13(17)14(11)16;10-14-13-9(15)8-3-6-1-2-11-4-7(6)5-12-8;;/h2,4,6-7,9-11,13,18H,3,5,8,12,14,26H2,1H3,(H,29,32)(H,28,30,33);5-6,8,12,20H,3-4,7,9-10H2,1-2H3,(H,18,21);1-5H;2*1H2/t18-;12-;;;/m00.../s1. The molecule has 6 N–H and O–H groups in total. The van der Waals surface area contributed by atoms with Gasteiger partial charge in [-0.15, -0.1) is 0 Å². The molecule has 2 aromatic carbocycles. The lowest BCUT2D eigenvalue weighted by Crippen LogP contribution is -2.46. The van der Waals surface area contributed by atoms with Gasteiger partial charge in [0.15, 0.2) is 0 Å². The van der Waals surface area contributed by atoms with Crippen molar-refractivity contribution in [2.45, 2.75) is 64.2 Å². The number of aliphatic hydroxyl groups excluding tert-OH is 1. The number of amides is 6. The van der Waals surface area contributed by atoms with Crippen LogP contribution < -0.4 is 21.7 Å². The van der Waals surface area contributed by atoms with Crippen molar-refractivity contribution in [2.24, 2.45) is 10.8 Å². The minimum Gasteiger partial charge on any atom is -0.447 e. The van der Waals surface area contributed by atoms with Gasteiger partial charge in [0, 0.05) is 80.1 Å². The number of aromatic nitrogens is 4. The van der Waals surface area contributed by atoms with Crippen molar-refractivity contribution < 1.29 is 37.8 Å². The van der Waals surface area contributed by atoms with Gasteiger partial charge in [-0.25, -0.2) is 28.1 Å². The Kier molecular flexibility index (Phi) is 27.7. The van der Waals surface area contributed by atoms with Gasteiger partial charge in [0.25, 0.3) is 5.91 Å². The number of nitrogens with zero attached hydrogens (tertiary/aromatic N) is 9. The number of fused-ring (bicyclic) bond motifs is 2. The van der Waals surface area contributed by atoms with Gasteiger partial charge >= 0.3 is 18.2 Å². The number of rotatable bonds is 17. The number of anilines is 1. The van der Waals surface area contributed by atoms with Gasteiger partial charge in [0.1, 0.15) is 29.8 Å². The molecule has 25 heteroatoms. The summed E-state index contributed by atoms with van der Waals surface area (Å²) in [5.41, 5.74) is 14.8. The maximum atomic E-state index is 13.6. The van der Waals surface area contributed by atoms with Gasteiger partial charge in [0.2, 0.25) is 0 Å².